The van der Waals surface area contributed by atoms with E-state index >= 15 is 0 Å². The minimum Gasteiger partial charge on any atom is -0.287 e. The van der Waals surface area contributed by atoms with E-state index in [0.29, 0.717) is 16.9 Å². The molecule has 0 bridgehead atoms. The molecule has 3 rings (SSSR count). The van der Waals surface area contributed by atoms with Gasteiger partial charge in [-0.05, 0) is 22.6 Å². The van der Waals surface area contributed by atoms with Crippen LogP contribution in [0.25, 0.3) is 5.65 Å². The van der Waals surface area contributed by atoms with Gasteiger partial charge in [0.2, 0.25) is 5.78 Å². The number of rotatable bonds is 2. The van der Waals surface area contributed by atoms with E-state index in [2.05, 4.69) is 32.6 Å². The number of hydrogen-bond donors (Lipinski definition) is 0. The minimum absolute atomic E-state index is 0.0350. The lowest BCUT2D eigenvalue weighted by Gasteiger charge is -2.03. The summed E-state index contributed by atoms with van der Waals surface area (Å²) in [5.74, 6) is -0.0350. The van der Waals surface area contributed by atoms with Crippen LogP contribution in [0, 0.1) is 3.70 Å². The largest absolute Gasteiger partial charge is 0.287 e. The fourth-order valence-electron chi connectivity index (χ4n) is 1.80. The topological polar surface area (TPSA) is 47.3 Å². The number of carbonyl (C=O) groups excluding carboxylic acids is 1. The second kappa shape index (κ2) is 4.49. The normalized spacial score (nSPS) is 10.7. The zero-order chi connectivity index (χ0) is 12.5. The summed E-state index contributed by atoms with van der Waals surface area (Å²) in [7, 11) is 0. The zero-order valence-electron chi connectivity index (χ0n) is 9.25. The lowest BCUT2D eigenvalue weighted by atomic mass is 10.1. The molecule has 18 heavy (non-hydrogen) atoms. The lowest BCUT2D eigenvalue weighted by Crippen LogP contribution is -2.07. The Hall–Kier alpha value is -1.76. The minimum atomic E-state index is -0.0350. The highest BCUT2D eigenvalue weighted by Crippen LogP contribution is 2.15. The van der Waals surface area contributed by atoms with Gasteiger partial charge in [0, 0.05) is 5.56 Å². The highest BCUT2D eigenvalue weighted by Gasteiger charge is 2.15. The van der Waals surface area contributed by atoms with Gasteiger partial charge in [0.1, 0.15) is 9.39 Å². The van der Waals surface area contributed by atoms with E-state index < -0.39 is 0 Å². The average molecular weight is 349 g/mol. The monoisotopic (exact) mass is 349 g/mol. The molecule has 2 heterocycles. The highest BCUT2D eigenvalue weighted by molar-refractivity contribution is 14.1. The van der Waals surface area contributed by atoms with Gasteiger partial charge >= 0.3 is 0 Å². The summed E-state index contributed by atoms with van der Waals surface area (Å²) in [6, 6.07) is 9.19. The van der Waals surface area contributed by atoms with Gasteiger partial charge in [-0.1, -0.05) is 30.3 Å². The number of carbonyl (C=O) groups is 1. The van der Waals surface area contributed by atoms with E-state index in [9.17, 15) is 4.79 Å². The molecule has 88 valence electrons. The first-order valence-corrected chi connectivity index (χ1v) is 6.42. The van der Waals surface area contributed by atoms with Crippen LogP contribution in [0.4, 0.5) is 0 Å². The molecule has 0 saturated heterocycles. The molecule has 4 nitrogen and oxygen atoms in total. The van der Waals surface area contributed by atoms with Crippen molar-refractivity contribution >= 4 is 34.0 Å². The number of hydrogen-bond acceptors (Lipinski definition) is 3. The quantitative estimate of drug-likeness (QED) is 0.528. The Balaban J connectivity index is 2.19. The molecule has 0 fully saturated rings. The van der Waals surface area contributed by atoms with E-state index in [1.807, 2.05) is 22.6 Å². The van der Waals surface area contributed by atoms with Crippen molar-refractivity contribution in [3.63, 3.8) is 0 Å². The Kier molecular flexibility index (Phi) is 2.83. The van der Waals surface area contributed by atoms with Crippen LogP contribution in [0.5, 0.6) is 0 Å². The van der Waals surface area contributed by atoms with Crippen LogP contribution in [-0.2, 0) is 0 Å². The number of benzene rings is 1. The molecule has 0 spiro atoms. The molecule has 1 aromatic carbocycles. The van der Waals surface area contributed by atoms with Crippen molar-refractivity contribution in [1.82, 2.24) is 14.4 Å². The zero-order valence-corrected chi connectivity index (χ0v) is 11.4. The van der Waals surface area contributed by atoms with Crippen LogP contribution < -0.4 is 0 Å². The standard InChI is InChI=1S/C13H8IN3O/c14-11-7-15-8-12-16-6-10(17(11)12)13(18)9-4-2-1-3-5-9/h1-8H. The van der Waals surface area contributed by atoms with E-state index in [-0.39, 0.29) is 5.78 Å². The first-order chi connectivity index (χ1) is 8.77. The summed E-state index contributed by atoms with van der Waals surface area (Å²) < 4.78 is 2.67. The molecule has 0 aliphatic carbocycles. The van der Waals surface area contributed by atoms with Crippen molar-refractivity contribution in [2.45, 2.75) is 0 Å². The maximum absolute atomic E-state index is 12.4. The molecule has 0 aliphatic rings. The SMILES string of the molecule is O=C(c1ccccc1)c1cnc2cncc(I)n12. The maximum Gasteiger partial charge on any atom is 0.211 e. The van der Waals surface area contributed by atoms with Gasteiger partial charge in [0.05, 0.1) is 18.6 Å². The summed E-state index contributed by atoms with van der Waals surface area (Å²) in [5.41, 5.74) is 1.90. The number of imidazole rings is 1. The Morgan fingerprint density at radius 3 is 2.67 bits per heavy atom. The van der Waals surface area contributed by atoms with Crippen LogP contribution in [0.1, 0.15) is 16.1 Å². The second-order valence-corrected chi connectivity index (χ2v) is 4.87. The first kappa shape index (κ1) is 11.3. The van der Waals surface area contributed by atoms with Crippen molar-refractivity contribution in [2.75, 3.05) is 0 Å². The summed E-state index contributed by atoms with van der Waals surface area (Å²) in [5, 5.41) is 0. The third kappa shape index (κ3) is 1.80. The second-order valence-electron chi connectivity index (χ2n) is 3.76. The Morgan fingerprint density at radius 1 is 1.11 bits per heavy atom. The van der Waals surface area contributed by atoms with Crippen LogP contribution >= 0.6 is 22.6 Å². The molecule has 5 heteroatoms. The van der Waals surface area contributed by atoms with E-state index in [1.165, 1.54) is 0 Å². The summed E-state index contributed by atoms with van der Waals surface area (Å²) in [6.45, 7) is 0. The fraction of sp³-hybridized carbons (Fsp3) is 0. The first-order valence-electron chi connectivity index (χ1n) is 5.34. The van der Waals surface area contributed by atoms with Crippen LogP contribution in [-0.4, -0.2) is 20.2 Å². The van der Waals surface area contributed by atoms with Crippen molar-refractivity contribution in [3.05, 3.63) is 63.9 Å². The lowest BCUT2D eigenvalue weighted by molar-refractivity contribution is 0.103. The molecule has 0 saturated carbocycles. The van der Waals surface area contributed by atoms with E-state index in [0.717, 1.165) is 3.70 Å². The van der Waals surface area contributed by atoms with Crippen LogP contribution in [0.3, 0.4) is 0 Å². The number of fused-ring (bicyclic) bond motifs is 1. The van der Waals surface area contributed by atoms with Crippen molar-refractivity contribution in [2.24, 2.45) is 0 Å². The van der Waals surface area contributed by atoms with Gasteiger partial charge in [-0.15, -0.1) is 0 Å². The van der Waals surface area contributed by atoms with Crippen molar-refractivity contribution < 1.29 is 4.79 Å². The molecule has 0 amide bonds. The summed E-state index contributed by atoms with van der Waals surface area (Å²) in [6.07, 6.45) is 4.94. The van der Waals surface area contributed by atoms with Gasteiger partial charge in [0.25, 0.3) is 0 Å². The molecule has 0 radical (unpaired) electrons. The van der Waals surface area contributed by atoms with Crippen LogP contribution in [0.2, 0.25) is 0 Å². The maximum atomic E-state index is 12.4. The molecular formula is C13H8IN3O. The number of aromatic nitrogens is 3. The average Bonchev–Trinajstić information content (AvgIpc) is 2.84. The Bertz CT molecular complexity index is 721. The molecule has 0 N–H and O–H groups in total. The third-order valence-electron chi connectivity index (χ3n) is 2.64. The van der Waals surface area contributed by atoms with E-state index in [1.54, 1.807) is 30.7 Å². The summed E-state index contributed by atoms with van der Waals surface area (Å²) in [4.78, 5) is 20.6. The van der Waals surface area contributed by atoms with Gasteiger partial charge < -0.3 is 0 Å². The molecule has 0 aliphatic heterocycles. The molecule has 0 unspecified atom stereocenters. The predicted molar refractivity (Wildman–Crippen MR) is 75.6 cm³/mol. The third-order valence-corrected chi connectivity index (χ3v) is 3.40. The molecule has 0 atom stereocenters. The Labute approximate surface area is 117 Å². The smallest absolute Gasteiger partial charge is 0.211 e. The number of ketones is 1. The number of halogens is 1. The predicted octanol–water partition coefficient (Wildman–Crippen LogP) is 2.56. The van der Waals surface area contributed by atoms with Gasteiger partial charge in [-0.25, -0.2) is 4.98 Å². The molecule has 3 aromatic rings. The summed E-state index contributed by atoms with van der Waals surface area (Å²) >= 11 is 2.14. The Morgan fingerprint density at radius 2 is 1.89 bits per heavy atom. The molecular weight excluding hydrogens is 341 g/mol. The van der Waals surface area contributed by atoms with Crippen LogP contribution in [0.15, 0.2) is 48.9 Å². The van der Waals surface area contributed by atoms with Gasteiger partial charge in [-0.3, -0.25) is 14.2 Å². The van der Waals surface area contributed by atoms with E-state index in [4.69, 9.17) is 0 Å². The number of nitrogens with zero attached hydrogens (tertiary/aromatic N) is 3. The van der Waals surface area contributed by atoms with Gasteiger partial charge in [0.15, 0.2) is 5.65 Å². The molecule has 2 aromatic heterocycles. The van der Waals surface area contributed by atoms with Crippen molar-refractivity contribution in [3.8, 4) is 0 Å². The van der Waals surface area contributed by atoms with Gasteiger partial charge in [-0.2, -0.15) is 0 Å². The fourth-order valence-corrected chi connectivity index (χ4v) is 2.47. The highest BCUT2D eigenvalue weighted by atomic mass is 127. The van der Waals surface area contributed by atoms with Crippen molar-refractivity contribution in [1.29, 1.82) is 0 Å².